The fourth-order valence-electron chi connectivity index (χ4n) is 2.37. The maximum absolute atomic E-state index is 5.72. The van der Waals surface area contributed by atoms with Crippen molar-refractivity contribution in [3.05, 3.63) is 71.1 Å². The molecule has 0 radical (unpaired) electrons. The molecule has 3 heteroatoms. The van der Waals surface area contributed by atoms with Crippen molar-refractivity contribution in [1.29, 1.82) is 0 Å². The SMILES string of the molecule is NNC(Cc1csc2ccccc12)c1ccccc1. The van der Waals surface area contributed by atoms with Crippen molar-refractivity contribution in [2.45, 2.75) is 12.5 Å². The molecule has 3 aromatic rings. The molecular formula is C16H16N2S. The lowest BCUT2D eigenvalue weighted by Gasteiger charge is -2.15. The van der Waals surface area contributed by atoms with Crippen molar-refractivity contribution in [1.82, 2.24) is 5.43 Å². The van der Waals surface area contributed by atoms with Crippen molar-refractivity contribution < 1.29 is 0 Å². The molecule has 0 aliphatic heterocycles. The Balaban J connectivity index is 1.91. The number of nitrogens with two attached hydrogens (primary N) is 1. The van der Waals surface area contributed by atoms with Gasteiger partial charge in [0.25, 0.3) is 0 Å². The summed E-state index contributed by atoms with van der Waals surface area (Å²) in [4.78, 5) is 0. The first-order valence-corrected chi connectivity index (χ1v) is 7.22. The van der Waals surface area contributed by atoms with Crippen LogP contribution in [0.3, 0.4) is 0 Å². The van der Waals surface area contributed by atoms with Gasteiger partial charge >= 0.3 is 0 Å². The zero-order chi connectivity index (χ0) is 13.1. The van der Waals surface area contributed by atoms with Crippen LogP contribution in [0.25, 0.3) is 10.1 Å². The van der Waals surface area contributed by atoms with Crippen molar-refractivity contribution in [2.75, 3.05) is 0 Å². The van der Waals surface area contributed by atoms with E-state index in [1.807, 2.05) is 18.2 Å². The summed E-state index contributed by atoms with van der Waals surface area (Å²) in [5.41, 5.74) is 5.50. The third-order valence-corrected chi connectivity index (χ3v) is 4.40. The third-order valence-electron chi connectivity index (χ3n) is 3.39. The van der Waals surface area contributed by atoms with E-state index in [1.165, 1.54) is 21.2 Å². The number of hydrazine groups is 1. The molecule has 0 aliphatic rings. The number of hydrogen-bond acceptors (Lipinski definition) is 3. The van der Waals surface area contributed by atoms with Crippen LogP contribution < -0.4 is 11.3 Å². The summed E-state index contributed by atoms with van der Waals surface area (Å²) < 4.78 is 1.33. The molecule has 3 N–H and O–H groups in total. The van der Waals surface area contributed by atoms with E-state index < -0.39 is 0 Å². The van der Waals surface area contributed by atoms with E-state index in [1.54, 1.807) is 11.3 Å². The van der Waals surface area contributed by atoms with Crippen molar-refractivity contribution in [3.8, 4) is 0 Å². The van der Waals surface area contributed by atoms with Gasteiger partial charge in [-0.25, -0.2) is 0 Å². The molecule has 2 nitrogen and oxygen atoms in total. The summed E-state index contributed by atoms with van der Waals surface area (Å²) in [7, 11) is 0. The summed E-state index contributed by atoms with van der Waals surface area (Å²) in [6.07, 6.45) is 0.907. The standard InChI is InChI=1S/C16H16N2S/c17-18-15(12-6-2-1-3-7-12)10-13-11-19-16-9-5-4-8-14(13)16/h1-9,11,15,18H,10,17H2. The summed E-state index contributed by atoms with van der Waals surface area (Å²) in [5.74, 6) is 5.72. The lowest BCUT2D eigenvalue weighted by Crippen LogP contribution is -2.29. The number of fused-ring (bicyclic) bond motifs is 1. The number of nitrogens with one attached hydrogen (secondary N) is 1. The molecule has 3 rings (SSSR count). The lowest BCUT2D eigenvalue weighted by atomic mass is 9.99. The number of thiophene rings is 1. The Hall–Kier alpha value is -1.68. The predicted molar refractivity (Wildman–Crippen MR) is 82.0 cm³/mol. The number of rotatable bonds is 4. The first kappa shape index (κ1) is 12.4. The molecule has 96 valence electrons. The van der Waals surface area contributed by atoms with Gasteiger partial charge in [0, 0.05) is 4.70 Å². The largest absolute Gasteiger partial charge is 0.271 e. The molecule has 0 fully saturated rings. The summed E-state index contributed by atoms with van der Waals surface area (Å²) in [5, 5.41) is 3.57. The Bertz CT molecular complexity index is 661. The molecule has 0 aliphatic carbocycles. The second-order valence-corrected chi connectivity index (χ2v) is 5.50. The molecule has 19 heavy (non-hydrogen) atoms. The Labute approximate surface area is 116 Å². The van der Waals surface area contributed by atoms with E-state index in [4.69, 9.17) is 5.84 Å². The van der Waals surface area contributed by atoms with Gasteiger partial charge in [-0.2, -0.15) is 0 Å². The molecule has 1 aromatic heterocycles. The van der Waals surface area contributed by atoms with E-state index in [-0.39, 0.29) is 6.04 Å². The molecular weight excluding hydrogens is 252 g/mol. The van der Waals surface area contributed by atoms with Gasteiger partial charge in [0.1, 0.15) is 0 Å². The van der Waals surface area contributed by atoms with Gasteiger partial charge in [-0.15, -0.1) is 11.3 Å². The zero-order valence-electron chi connectivity index (χ0n) is 10.5. The fourth-order valence-corrected chi connectivity index (χ4v) is 3.34. The molecule has 0 saturated carbocycles. The molecule has 1 atom stereocenters. The number of benzene rings is 2. The van der Waals surface area contributed by atoms with Crippen LogP contribution in [0.5, 0.6) is 0 Å². The molecule has 0 bridgehead atoms. The Kier molecular flexibility index (Phi) is 3.60. The first-order chi connectivity index (χ1) is 9.38. The van der Waals surface area contributed by atoms with Crippen molar-refractivity contribution >= 4 is 21.4 Å². The van der Waals surface area contributed by atoms with Crippen LogP contribution >= 0.6 is 11.3 Å². The van der Waals surface area contributed by atoms with Crippen molar-refractivity contribution in [2.24, 2.45) is 5.84 Å². The monoisotopic (exact) mass is 268 g/mol. The topological polar surface area (TPSA) is 38.0 Å². The molecule has 0 spiro atoms. The predicted octanol–water partition coefficient (Wildman–Crippen LogP) is 3.65. The minimum absolute atomic E-state index is 0.152. The van der Waals surface area contributed by atoms with Gasteiger partial charge in [0.15, 0.2) is 0 Å². The van der Waals surface area contributed by atoms with Crippen LogP contribution in [0.1, 0.15) is 17.2 Å². The lowest BCUT2D eigenvalue weighted by molar-refractivity contribution is 0.554. The van der Waals surface area contributed by atoms with Crippen LogP contribution in [0.15, 0.2) is 60.0 Å². The highest BCUT2D eigenvalue weighted by molar-refractivity contribution is 7.17. The highest BCUT2D eigenvalue weighted by Crippen LogP contribution is 2.29. The Morgan fingerprint density at radius 2 is 1.74 bits per heavy atom. The highest BCUT2D eigenvalue weighted by Gasteiger charge is 2.12. The minimum Gasteiger partial charge on any atom is -0.271 e. The fraction of sp³-hybridized carbons (Fsp3) is 0.125. The van der Waals surface area contributed by atoms with Crippen LogP contribution in [0.2, 0.25) is 0 Å². The normalized spacial score (nSPS) is 12.7. The van der Waals surface area contributed by atoms with Gasteiger partial charge < -0.3 is 0 Å². The Morgan fingerprint density at radius 3 is 2.53 bits per heavy atom. The van der Waals surface area contributed by atoms with Gasteiger partial charge in [-0.3, -0.25) is 11.3 Å². The molecule has 2 aromatic carbocycles. The van der Waals surface area contributed by atoms with E-state index in [9.17, 15) is 0 Å². The quantitative estimate of drug-likeness (QED) is 0.560. The Morgan fingerprint density at radius 1 is 1.00 bits per heavy atom. The van der Waals surface area contributed by atoms with Gasteiger partial charge in [0.05, 0.1) is 6.04 Å². The van der Waals surface area contributed by atoms with Gasteiger partial charge in [-0.1, -0.05) is 48.5 Å². The van der Waals surface area contributed by atoms with E-state index in [0.29, 0.717) is 0 Å². The zero-order valence-corrected chi connectivity index (χ0v) is 11.4. The van der Waals surface area contributed by atoms with Crippen LogP contribution in [0.4, 0.5) is 0 Å². The maximum Gasteiger partial charge on any atom is 0.0500 e. The molecule has 0 saturated heterocycles. The summed E-state index contributed by atoms with van der Waals surface area (Å²) >= 11 is 1.79. The molecule has 1 unspecified atom stereocenters. The third kappa shape index (κ3) is 2.54. The second kappa shape index (κ2) is 5.53. The van der Waals surface area contributed by atoms with E-state index in [0.717, 1.165) is 6.42 Å². The van der Waals surface area contributed by atoms with Crippen molar-refractivity contribution in [3.63, 3.8) is 0 Å². The van der Waals surface area contributed by atoms with E-state index >= 15 is 0 Å². The first-order valence-electron chi connectivity index (χ1n) is 6.34. The van der Waals surface area contributed by atoms with E-state index in [2.05, 4.69) is 47.2 Å². The molecule has 1 heterocycles. The average Bonchev–Trinajstić information content (AvgIpc) is 2.89. The average molecular weight is 268 g/mol. The molecule has 0 amide bonds. The van der Waals surface area contributed by atoms with Crippen LogP contribution in [-0.4, -0.2) is 0 Å². The van der Waals surface area contributed by atoms with Gasteiger partial charge in [-0.05, 0) is 34.4 Å². The summed E-state index contributed by atoms with van der Waals surface area (Å²) in [6.45, 7) is 0. The smallest absolute Gasteiger partial charge is 0.0500 e. The van der Waals surface area contributed by atoms with Crippen LogP contribution in [0, 0.1) is 0 Å². The second-order valence-electron chi connectivity index (χ2n) is 4.59. The number of hydrogen-bond donors (Lipinski definition) is 2. The highest BCUT2D eigenvalue weighted by atomic mass is 32.1. The maximum atomic E-state index is 5.72. The minimum atomic E-state index is 0.152. The summed E-state index contributed by atoms with van der Waals surface area (Å²) in [6, 6.07) is 19.0. The van der Waals surface area contributed by atoms with Gasteiger partial charge in [0.2, 0.25) is 0 Å². The van der Waals surface area contributed by atoms with Crippen LogP contribution in [-0.2, 0) is 6.42 Å².